The average Bonchev–Trinajstić information content (AvgIpc) is 3.14. The van der Waals surface area contributed by atoms with E-state index in [-0.39, 0.29) is 6.03 Å². The van der Waals surface area contributed by atoms with E-state index < -0.39 is 0 Å². The number of likely N-dealkylation sites (tertiary alicyclic amines) is 1. The molecule has 0 aromatic heterocycles. The van der Waals surface area contributed by atoms with Crippen LogP contribution in [-0.4, -0.2) is 42.0 Å². The van der Waals surface area contributed by atoms with Crippen LogP contribution in [0.3, 0.4) is 0 Å². The van der Waals surface area contributed by atoms with Crippen LogP contribution in [-0.2, 0) is 0 Å². The van der Waals surface area contributed by atoms with Crippen molar-refractivity contribution in [3.05, 3.63) is 0 Å². The van der Waals surface area contributed by atoms with Crippen molar-refractivity contribution in [1.29, 1.82) is 0 Å². The maximum atomic E-state index is 12.4. The van der Waals surface area contributed by atoms with Crippen molar-refractivity contribution in [2.45, 2.75) is 38.5 Å². The van der Waals surface area contributed by atoms with Gasteiger partial charge in [-0.25, -0.2) is 4.79 Å². The molecule has 0 N–H and O–H groups in total. The highest BCUT2D eigenvalue weighted by Crippen LogP contribution is 2.30. The van der Waals surface area contributed by atoms with Crippen LogP contribution in [0.2, 0.25) is 0 Å². The second kappa shape index (κ2) is 5.95. The van der Waals surface area contributed by atoms with Crippen LogP contribution in [0.1, 0.15) is 38.5 Å². The Morgan fingerprint density at radius 3 is 2.41 bits per heavy atom. The standard InChI is InChI=1S/C14H22N2O/c1-2-9-16(12-13-7-8-13)14(17)15-10-5-3-4-6-11-15/h1,13H,3-12H2. The summed E-state index contributed by atoms with van der Waals surface area (Å²) < 4.78 is 0. The van der Waals surface area contributed by atoms with E-state index in [1.807, 2.05) is 9.80 Å². The van der Waals surface area contributed by atoms with E-state index in [2.05, 4.69) is 5.92 Å². The van der Waals surface area contributed by atoms with E-state index in [1.165, 1.54) is 25.7 Å². The Morgan fingerprint density at radius 2 is 1.88 bits per heavy atom. The molecule has 0 atom stereocenters. The highest BCUT2D eigenvalue weighted by molar-refractivity contribution is 5.74. The summed E-state index contributed by atoms with van der Waals surface area (Å²) >= 11 is 0. The zero-order valence-corrected chi connectivity index (χ0v) is 10.5. The molecule has 1 aliphatic heterocycles. The quantitative estimate of drug-likeness (QED) is 0.687. The molecule has 2 amide bonds. The molecule has 0 unspecified atom stereocenters. The van der Waals surface area contributed by atoms with Gasteiger partial charge in [-0.2, -0.15) is 0 Å². The van der Waals surface area contributed by atoms with Gasteiger partial charge in [0.25, 0.3) is 0 Å². The van der Waals surface area contributed by atoms with Gasteiger partial charge in [0.05, 0.1) is 6.54 Å². The number of nitrogens with zero attached hydrogens (tertiary/aromatic N) is 2. The fourth-order valence-electron chi connectivity index (χ4n) is 2.39. The number of carbonyl (C=O) groups is 1. The first-order valence-corrected chi connectivity index (χ1v) is 6.78. The second-order valence-corrected chi connectivity index (χ2v) is 5.21. The third-order valence-corrected chi connectivity index (χ3v) is 3.60. The van der Waals surface area contributed by atoms with Gasteiger partial charge in [-0.1, -0.05) is 18.8 Å². The topological polar surface area (TPSA) is 23.6 Å². The van der Waals surface area contributed by atoms with Gasteiger partial charge in [0.15, 0.2) is 0 Å². The van der Waals surface area contributed by atoms with Gasteiger partial charge in [0.2, 0.25) is 0 Å². The lowest BCUT2D eigenvalue weighted by molar-refractivity contribution is 0.158. The second-order valence-electron chi connectivity index (χ2n) is 5.21. The van der Waals surface area contributed by atoms with Gasteiger partial charge in [-0.3, -0.25) is 0 Å². The summed E-state index contributed by atoms with van der Waals surface area (Å²) in [6.45, 7) is 3.14. The maximum Gasteiger partial charge on any atom is 0.320 e. The van der Waals surface area contributed by atoms with E-state index in [9.17, 15) is 4.79 Å². The molecule has 1 heterocycles. The van der Waals surface area contributed by atoms with Gasteiger partial charge in [-0.05, 0) is 31.6 Å². The number of rotatable bonds is 3. The van der Waals surface area contributed by atoms with Crippen molar-refractivity contribution >= 4 is 6.03 Å². The number of carbonyl (C=O) groups excluding carboxylic acids is 1. The summed E-state index contributed by atoms with van der Waals surface area (Å²) in [5.41, 5.74) is 0. The van der Waals surface area contributed by atoms with E-state index in [0.29, 0.717) is 12.5 Å². The van der Waals surface area contributed by atoms with Crippen LogP contribution in [0.15, 0.2) is 0 Å². The molecule has 3 nitrogen and oxygen atoms in total. The minimum atomic E-state index is 0.164. The monoisotopic (exact) mass is 234 g/mol. The first kappa shape index (κ1) is 12.3. The van der Waals surface area contributed by atoms with E-state index in [4.69, 9.17) is 6.42 Å². The van der Waals surface area contributed by atoms with Gasteiger partial charge in [0.1, 0.15) is 0 Å². The van der Waals surface area contributed by atoms with Gasteiger partial charge >= 0.3 is 6.03 Å². The predicted molar refractivity (Wildman–Crippen MR) is 68.6 cm³/mol. The number of hydrogen-bond donors (Lipinski definition) is 0. The van der Waals surface area contributed by atoms with Gasteiger partial charge in [0, 0.05) is 19.6 Å². The Balaban J connectivity index is 1.90. The molecule has 0 spiro atoms. The molecule has 1 aliphatic carbocycles. The molecule has 0 aromatic rings. The Kier molecular flexibility index (Phi) is 4.30. The lowest BCUT2D eigenvalue weighted by atomic mass is 10.2. The molecular weight excluding hydrogens is 212 g/mol. The first-order valence-electron chi connectivity index (χ1n) is 6.78. The molecule has 0 radical (unpaired) electrons. The fourth-order valence-corrected chi connectivity index (χ4v) is 2.39. The zero-order chi connectivity index (χ0) is 12.1. The van der Waals surface area contributed by atoms with Crippen molar-refractivity contribution < 1.29 is 4.79 Å². The largest absolute Gasteiger partial charge is 0.325 e. The molecule has 1 saturated carbocycles. The predicted octanol–water partition coefficient (Wildman–Crippen LogP) is 2.33. The van der Waals surface area contributed by atoms with Crippen LogP contribution in [0, 0.1) is 18.3 Å². The average molecular weight is 234 g/mol. The van der Waals surface area contributed by atoms with Gasteiger partial charge < -0.3 is 9.80 Å². The first-order chi connectivity index (χ1) is 8.31. The SMILES string of the molecule is C#CCN(CC1CC1)C(=O)N1CCCCCC1. The molecule has 0 bridgehead atoms. The van der Waals surface area contributed by atoms with Crippen LogP contribution in [0.25, 0.3) is 0 Å². The van der Waals surface area contributed by atoms with Gasteiger partial charge in [-0.15, -0.1) is 6.42 Å². The summed E-state index contributed by atoms with van der Waals surface area (Å²) in [5, 5.41) is 0. The highest BCUT2D eigenvalue weighted by Gasteiger charge is 2.28. The van der Waals surface area contributed by atoms with E-state index >= 15 is 0 Å². The molecule has 2 aliphatic rings. The Hall–Kier alpha value is -1.17. The van der Waals surface area contributed by atoms with Crippen LogP contribution < -0.4 is 0 Å². The molecule has 0 aromatic carbocycles. The Bertz CT molecular complexity index is 296. The minimum absolute atomic E-state index is 0.164. The summed E-state index contributed by atoms with van der Waals surface area (Å²) in [4.78, 5) is 16.2. The molecular formula is C14H22N2O. The smallest absolute Gasteiger partial charge is 0.320 e. The highest BCUT2D eigenvalue weighted by atomic mass is 16.2. The molecule has 2 fully saturated rings. The lowest BCUT2D eigenvalue weighted by Crippen LogP contribution is -2.44. The van der Waals surface area contributed by atoms with Crippen molar-refractivity contribution in [3.63, 3.8) is 0 Å². The third-order valence-electron chi connectivity index (χ3n) is 3.60. The molecule has 94 valence electrons. The fraction of sp³-hybridized carbons (Fsp3) is 0.786. The Labute approximate surface area is 104 Å². The Morgan fingerprint density at radius 1 is 1.24 bits per heavy atom. The zero-order valence-electron chi connectivity index (χ0n) is 10.5. The lowest BCUT2D eigenvalue weighted by Gasteiger charge is -2.28. The third kappa shape index (κ3) is 3.66. The van der Waals surface area contributed by atoms with E-state index in [0.717, 1.165) is 32.5 Å². The van der Waals surface area contributed by atoms with Crippen molar-refractivity contribution in [3.8, 4) is 12.3 Å². The summed E-state index contributed by atoms with van der Waals surface area (Å²) in [6.07, 6.45) is 12.7. The number of terminal acetylenes is 1. The minimum Gasteiger partial charge on any atom is -0.325 e. The van der Waals surface area contributed by atoms with E-state index in [1.54, 1.807) is 0 Å². The maximum absolute atomic E-state index is 12.4. The normalized spacial score (nSPS) is 20.5. The molecule has 1 saturated heterocycles. The van der Waals surface area contributed by atoms with Crippen LogP contribution >= 0.6 is 0 Å². The molecule has 17 heavy (non-hydrogen) atoms. The summed E-state index contributed by atoms with van der Waals surface area (Å²) in [5.74, 6) is 3.32. The molecule has 3 heteroatoms. The van der Waals surface area contributed by atoms with Crippen LogP contribution in [0.5, 0.6) is 0 Å². The number of hydrogen-bond acceptors (Lipinski definition) is 1. The number of amides is 2. The van der Waals surface area contributed by atoms with Crippen molar-refractivity contribution in [2.75, 3.05) is 26.2 Å². The molecule has 2 rings (SSSR count). The summed E-state index contributed by atoms with van der Waals surface area (Å²) in [7, 11) is 0. The van der Waals surface area contributed by atoms with Crippen molar-refractivity contribution in [1.82, 2.24) is 9.80 Å². The van der Waals surface area contributed by atoms with Crippen LogP contribution in [0.4, 0.5) is 4.79 Å². The number of urea groups is 1. The summed E-state index contributed by atoms with van der Waals surface area (Å²) in [6, 6.07) is 0.164. The van der Waals surface area contributed by atoms with Crippen molar-refractivity contribution in [2.24, 2.45) is 5.92 Å².